The standard InChI is InChI=1S/C17H16ClN5S.CH2O2/c18-11-6-12(20)9(7-19)5-13(11)23-16-15-10-3-1-2-4-14(10)24-17(15)22-8-21-16;2-1-3/h5-8,19H,1-4,20H2,(H,21,22,23);1H,(H,2,3). The smallest absolute Gasteiger partial charge is 0.290 e. The van der Waals surface area contributed by atoms with E-state index in [-0.39, 0.29) is 6.47 Å². The first-order valence-electron chi connectivity index (χ1n) is 8.28. The van der Waals surface area contributed by atoms with E-state index in [1.54, 1.807) is 29.8 Å². The second kappa shape index (κ2) is 8.32. The Kier molecular flexibility index (Phi) is 5.88. The molecule has 0 bridgehead atoms. The summed E-state index contributed by atoms with van der Waals surface area (Å²) in [6, 6.07) is 3.43. The summed E-state index contributed by atoms with van der Waals surface area (Å²) in [4.78, 5) is 19.7. The number of rotatable bonds is 3. The van der Waals surface area contributed by atoms with E-state index in [0.717, 1.165) is 28.9 Å². The average Bonchev–Trinajstić information content (AvgIpc) is 3.04. The molecule has 5 N–H and O–H groups in total. The van der Waals surface area contributed by atoms with Crippen molar-refractivity contribution in [2.45, 2.75) is 25.7 Å². The zero-order chi connectivity index (χ0) is 19.4. The Bertz CT molecular complexity index is 1010. The quantitative estimate of drug-likeness (QED) is 0.294. The van der Waals surface area contributed by atoms with Gasteiger partial charge in [0.05, 0.1) is 16.1 Å². The number of hydrogen-bond acceptors (Lipinski definition) is 7. The number of benzene rings is 1. The molecular weight excluding hydrogens is 386 g/mol. The predicted molar refractivity (Wildman–Crippen MR) is 110 cm³/mol. The molecule has 2 heterocycles. The third kappa shape index (κ3) is 3.86. The van der Waals surface area contributed by atoms with Crippen molar-refractivity contribution in [2.75, 3.05) is 11.1 Å². The molecule has 1 aliphatic rings. The lowest BCUT2D eigenvalue weighted by Gasteiger charge is -2.14. The Morgan fingerprint density at radius 3 is 2.78 bits per heavy atom. The first-order chi connectivity index (χ1) is 13.1. The summed E-state index contributed by atoms with van der Waals surface area (Å²) in [5.74, 6) is 0.766. The number of halogens is 1. The van der Waals surface area contributed by atoms with Gasteiger partial charge in [-0.3, -0.25) is 4.79 Å². The van der Waals surface area contributed by atoms with Gasteiger partial charge in [0.25, 0.3) is 6.47 Å². The molecule has 0 fully saturated rings. The van der Waals surface area contributed by atoms with Crippen molar-refractivity contribution in [3.63, 3.8) is 0 Å². The van der Waals surface area contributed by atoms with Crippen molar-refractivity contribution >= 4 is 63.0 Å². The number of hydrogen-bond donors (Lipinski definition) is 4. The van der Waals surface area contributed by atoms with Crippen LogP contribution in [0.5, 0.6) is 0 Å². The summed E-state index contributed by atoms with van der Waals surface area (Å²) in [5, 5.41) is 19.3. The van der Waals surface area contributed by atoms with Crippen LogP contribution in [0.25, 0.3) is 10.2 Å². The summed E-state index contributed by atoms with van der Waals surface area (Å²) in [6.07, 6.45) is 7.43. The van der Waals surface area contributed by atoms with Crippen molar-refractivity contribution in [2.24, 2.45) is 0 Å². The molecule has 0 aliphatic heterocycles. The highest BCUT2D eigenvalue weighted by molar-refractivity contribution is 7.19. The van der Waals surface area contributed by atoms with Crippen LogP contribution in [0, 0.1) is 5.41 Å². The lowest BCUT2D eigenvalue weighted by Crippen LogP contribution is -2.02. The molecule has 1 aliphatic carbocycles. The molecule has 0 saturated heterocycles. The van der Waals surface area contributed by atoms with Crippen molar-refractivity contribution < 1.29 is 9.90 Å². The molecule has 0 atom stereocenters. The Balaban J connectivity index is 0.000000659. The number of thiophene rings is 1. The second-order valence-corrected chi connectivity index (χ2v) is 7.44. The molecule has 27 heavy (non-hydrogen) atoms. The third-order valence-electron chi connectivity index (χ3n) is 4.33. The zero-order valence-corrected chi connectivity index (χ0v) is 15.9. The molecule has 7 nitrogen and oxygen atoms in total. The Morgan fingerprint density at radius 1 is 1.30 bits per heavy atom. The van der Waals surface area contributed by atoms with Gasteiger partial charge >= 0.3 is 0 Å². The van der Waals surface area contributed by atoms with E-state index in [0.29, 0.717) is 22.0 Å². The maximum atomic E-state index is 8.36. The van der Waals surface area contributed by atoms with Gasteiger partial charge < -0.3 is 21.6 Å². The van der Waals surface area contributed by atoms with Gasteiger partial charge in [0.1, 0.15) is 17.0 Å². The van der Waals surface area contributed by atoms with Crippen molar-refractivity contribution in [1.82, 2.24) is 9.97 Å². The maximum absolute atomic E-state index is 8.36. The molecular formula is C18H18ClN5O2S. The minimum Gasteiger partial charge on any atom is -0.483 e. The highest BCUT2D eigenvalue weighted by atomic mass is 35.5. The molecule has 0 amide bonds. The van der Waals surface area contributed by atoms with Crippen LogP contribution < -0.4 is 11.1 Å². The van der Waals surface area contributed by atoms with Crippen LogP contribution in [-0.4, -0.2) is 27.8 Å². The Hall–Kier alpha value is -2.71. The van der Waals surface area contributed by atoms with Crippen molar-refractivity contribution in [3.8, 4) is 0 Å². The maximum Gasteiger partial charge on any atom is 0.290 e. The van der Waals surface area contributed by atoms with Crippen LogP contribution in [0.3, 0.4) is 0 Å². The normalized spacial score (nSPS) is 12.6. The molecule has 0 spiro atoms. The fraction of sp³-hybridized carbons (Fsp3) is 0.222. The highest BCUT2D eigenvalue weighted by Gasteiger charge is 2.20. The highest BCUT2D eigenvalue weighted by Crippen LogP contribution is 2.39. The molecule has 4 rings (SSSR count). The molecule has 3 aromatic rings. The molecule has 1 aromatic carbocycles. The molecule has 0 radical (unpaired) electrons. The van der Waals surface area contributed by atoms with E-state index in [4.69, 9.17) is 32.6 Å². The minimum atomic E-state index is -0.250. The van der Waals surface area contributed by atoms with Gasteiger partial charge in [-0.25, -0.2) is 9.97 Å². The van der Waals surface area contributed by atoms with Gasteiger partial charge in [-0.1, -0.05) is 11.6 Å². The van der Waals surface area contributed by atoms with Crippen LogP contribution in [0.4, 0.5) is 17.2 Å². The average molecular weight is 404 g/mol. The van der Waals surface area contributed by atoms with Crippen LogP contribution in [0.1, 0.15) is 28.8 Å². The molecule has 2 aromatic heterocycles. The summed E-state index contributed by atoms with van der Waals surface area (Å²) < 4.78 is 0. The number of nitrogens with zero attached hydrogens (tertiary/aromatic N) is 2. The third-order valence-corrected chi connectivity index (χ3v) is 5.85. The first-order valence-corrected chi connectivity index (χ1v) is 9.48. The van der Waals surface area contributed by atoms with Gasteiger partial charge in [-0.15, -0.1) is 11.3 Å². The van der Waals surface area contributed by atoms with Gasteiger partial charge in [-0.05, 0) is 43.4 Å². The summed E-state index contributed by atoms with van der Waals surface area (Å²) in [6.45, 7) is -0.250. The fourth-order valence-electron chi connectivity index (χ4n) is 3.14. The van der Waals surface area contributed by atoms with Gasteiger partial charge in [0, 0.05) is 22.3 Å². The summed E-state index contributed by atoms with van der Waals surface area (Å²) in [7, 11) is 0. The number of fused-ring (bicyclic) bond motifs is 3. The van der Waals surface area contributed by atoms with E-state index in [9.17, 15) is 0 Å². The monoisotopic (exact) mass is 403 g/mol. The van der Waals surface area contributed by atoms with Gasteiger partial charge in [0.2, 0.25) is 0 Å². The van der Waals surface area contributed by atoms with E-state index < -0.39 is 0 Å². The van der Waals surface area contributed by atoms with E-state index in [1.165, 1.54) is 29.5 Å². The van der Waals surface area contributed by atoms with Crippen LogP contribution in [-0.2, 0) is 17.6 Å². The zero-order valence-electron chi connectivity index (χ0n) is 14.3. The van der Waals surface area contributed by atoms with Crippen LogP contribution in [0.2, 0.25) is 5.02 Å². The van der Waals surface area contributed by atoms with Crippen LogP contribution >= 0.6 is 22.9 Å². The number of carboxylic acid groups (broad SMARTS) is 1. The van der Waals surface area contributed by atoms with E-state index >= 15 is 0 Å². The number of anilines is 3. The Labute approximate surface area is 164 Å². The van der Waals surface area contributed by atoms with Crippen LogP contribution in [0.15, 0.2) is 18.5 Å². The van der Waals surface area contributed by atoms with Gasteiger partial charge in [-0.2, -0.15) is 0 Å². The summed E-state index contributed by atoms with van der Waals surface area (Å²) >= 11 is 8.08. The molecule has 140 valence electrons. The SMILES string of the molecule is N=Cc1cc(Nc2ncnc3sc4c(c23)CCCC4)c(Cl)cc1N.O=CO. The number of nitrogens with two attached hydrogens (primary N) is 1. The largest absolute Gasteiger partial charge is 0.483 e. The lowest BCUT2D eigenvalue weighted by molar-refractivity contribution is -0.122. The lowest BCUT2D eigenvalue weighted by atomic mass is 9.97. The number of carbonyl (C=O) groups is 1. The van der Waals surface area contributed by atoms with Crippen molar-refractivity contribution in [3.05, 3.63) is 39.5 Å². The topological polar surface area (TPSA) is 125 Å². The Morgan fingerprint density at radius 2 is 2.04 bits per heavy atom. The van der Waals surface area contributed by atoms with Crippen molar-refractivity contribution in [1.29, 1.82) is 5.41 Å². The molecule has 9 heteroatoms. The van der Waals surface area contributed by atoms with E-state index in [2.05, 4.69) is 15.3 Å². The molecule has 0 saturated carbocycles. The number of aryl methyl sites for hydroxylation is 2. The second-order valence-electron chi connectivity index (χ2n) is 5.95. The van der Waals surface area contributed by atoms with Gasteiger partial charge in [0.15, 0.2) is 0 Å². The minimum absolute atomic E-state index is 0.250. The predicted octanol–water partition coefficient (Wildman–Crippen LogP) is 4.25. The van der Waals surface area contributed by atoms with E-state index in [1.807, 2.05) is 0 Å². The molecule has 0 unspecified atom stereocenters. The number of nitrogens with one attached hydrogen (secondary N) is 2. The number of aromatic nitrogens is 2. The fourth-order valence-corrected chi connectivity index (χ4v) is 4.59. The number of nitrogen functional groups attached to an aromatic ring is 1. The first kappa shape index (κ1) is 19.1. The summed E-state index contributed by atoms with van der Waals surface area (Å²) in [5.41, 5.74) is 9.04.